The van der Waals surface area contributed by atoms with Crippen molar-refractivity contribution in [3.8, 4) is 17.2 Å². The number of carbonyl (C=O) groups excluding carboxylic acids is 1. The second kappa shape index (κ2) is 11.1. The lowest BCUT2D eigenvalue weighted by Crippen LogP contribution is -2.38. The molecule has 0 radical (unpaired) electrons. The van der Waals surface area contributed by atoms with Gasteiger partial charge in [0, 0.05) is 17.8 Å². The van der Waals surface area contributed by atoms with Gasteiger partial charge in [0.2, 0.25) is 5.91 Å². The first-order valence-electron chi connectivity index (χ1n) is 10.7. The zero-order valence-electron chi connectivity index (χ0n) is 19.8. The lowest BCUT2D eigenvalue weighted by atomic mass is 10.3. The summed E-state index contributed by atoms with van der Waals surface area (Å²) in [4.78, 5) is 12.8. The van der Waals surface area contributed by atoms with Crippen LogP contribution in [-0.4, -0.2) is 41.2 Å². The summed E-state index contributed by atoms with van der Waals surface area (Å²) in [5.74, 6) is -0.0186. The maximum atomic E-state index is 13.6. The molecule has 0 fully saturated rings. The van der Waals surface area contributed by atoms with Gasteiger partial charge in [-0.3, -0.25) is 9.10 Å². The van der Waals surface area contributed by atoms with E-state index in [4.69, 9.17) is 14.2 Å². The number of nitrogens with zero attached hydrogens (tertiary/aromatic N) is 1. The van der Waals surface area contributed by atoms with Crippen LogP contribution in [0.25, 0.3) is 0 Å². The van der Waals surface area contributed by atoms with Gasteiger partial charge in [0.1, 0.15) is 18.1 Å². The zero-order chi connectivity index (χ0) is 25.6. The van der Waals surface area contributed by atoms with Gasteiger partial charge in [-0.2, -0.15) is 0 Å². The molecule has 0 aliphatic rings. The normalized spacial score (nSPS) is 11.1. The van der Waals surface area contributed by atoms with Gasteiger partial charge in [0.15, 0.2) is 11.5 Å². The number of carbonyl (C=O) groups is 1. The molecule has 0 heterocycles. The molecule has 3 aromatic rings. The van der Waals surface area contributed by atoms with E-state index < -0.39 is 28.3 Å². The molecule has 0 atom stereocenters. The molecule has 3 aromatic carbocycles. The van der Waals surface area contributed by atoms with E-state index in [0.717, 1.165) is 16.4 Å². The standard InChI is InChI=1S/C25H27FN2O6S/c1-17(2)34-21-7-5-6-19(14-21)27-25(29)16-28(20-10-8-18(26)9-11-20)35(30,31)22-12-13-23(32-3)24(15-22)33-4/h5-15,17H,16H2,1-4H3,(H,27,29). The highest BCUT2D eigenvalue weighted by molar-refractivity contribution is 7.92. The molecule has 10 heteroatoms. The summed E-state index contributed by atoms with van der Waals surface area (Å²) >= 11 is 0. The van der Waals surface area contributed by atoms with Crippen LogP contribution in [0.2, 0.25) is 0 Å². The van der Waals surface area contributed by atoms with Crippen molar-refractivity contribution in [2.75, 3.05) is 30.4 Å². The first-order chi connectivity index (χ1) is 16.6. The van der Waals surface area contributed by atoms with Gasteiger partial charge in [-0.05, 0) is 62.4 Å². The van der Waals surface area contributed by atoms with Crippen LogP contribution in [0.15, 0.2) is 71.6 Å². The van der Waals surface area contributed by atoms with Gasteiger partial charge in [0.25, 0.3) is 10.0 Å². The van der Waals surface area contributed by atoms with Gasteiger partial charge in [-0.15, -0.1) is 0 Å². The number of amides is 1. The molecule has 1 amide bonds. The Kier molecular flexibility index (Phi) is 8.18. The number of hydrogen-bond donors (Lipinski definition) is 1. The second-order valence-electron chi connectivity index (χ2n) is 7.75. The summed E-state index contributed by atoms with van der Waals surface area (Å²) in [6.07, 6.45) is -0.0541. The molecular weight excluding hydrogens is 475 g/mol. The molecule has 1 N–H and O–H groups in total. The third-order valence-electron chi connectivity index (χ3n) is 4.83. The minimum absolute atomic E-state index is 0.0541. The molecule has 0 saturated heterocycles. The molecule has 0 bridgehead atoms. The number of ether oxygens (including phenoxy) is 3. The van der Waals surface area contributed by atoms with Crippen molar-refractivity contribution in [1.29, 1.82) is 0 Å². The molecule has 3 rings (SSSR count). The molecule has 8 nitrogen and oxygen atoms in total. The Balaban J connectivity index is 1.93. The van der Waals surface area contributed by atoms with Gasteiger partial charge >= 0.3 is 0 Å². The predicted molar refractivity (Wildman–Crippen MR) is 131 cm³/mol. The first kappa shape index (κ1) is 25.8. The number of methoxy groups -OCH3 is 2. The average molecular weight is 503 g/mol. The molecular formula is C25H27FN2O6S. The summed E-state index contributed by atoms with van der Waals surface area (Å²) < 4.78 is 57.6. The molecule has 0 aliphatic carbocycles. The Hall–Kier alpha value is -3.79. The van der Waals surface area contributed by atoms with Crippen LogP contribution < -0.4 is 23.8 Å². The van der Waals surface area contributed by atoms with Crippen LogP contribution in [0.5, 0.6) is 17.2 Å². The second-order valence-corrected chi connectivity index (χ2v) is 9.61. The van der Waals surface area contributed by atoms with E-state index in [1.165, 1.54) is 44.6 Å². The van der Waals surface area contributed by atoms with Gasteiger partial charge in [-0.25, -0.2) is 12.8 Å². The fourth-order valence-electron chi connectivity index (χ4n) is 3.28. The molecule has 0 unspecified atom stereocenters. The molecule has 0 aliphatic heterocycles. The third kappa shape index (κ3) is 6.42. The summed E-state index contributed by atoms with van der Waals surface area (Å²) in [7, 11) is -1.43. The Morgan fingerprint density at radius 2 is 1.66 bits per heavy atom. The van der Waals surface area contributed by atoms with Crippen LogP contribution >= 0.6 is 0 Å². The molecule has 35 heavy (non-hydrogen) atoms. The minimum atomic E-state index is -4.25. The largest absolute Gasteiger partial charge is 0.493 e. The number of nitrogens with one attached hydrogen (secondary N) is 1. The molecule has 0 saturated carbocycles. The number of benzene rings is 3. The topological polar surface area (TPSA) is 94.2 Å². The van der Waals surface area contributed by atoms with Crippen molar-refractivity contribution in [2.24, 2.45) is 0 Å². The minimum Gasteiger partial charge on any atom is -0.493 e. The zero-order valence-corrected chi connectivity index (χ0v) is 20.6. The van der Waals surface area contributed by atoms with Gasteiger partial charge < -0.3 is 19.5 Å². The number of halogens is 1. The van der Waals surface area contributed by atoms with E-state index in [-0.39, 0.29) is 22.4 Å². The Morgan fingerprint density at radius 1 is 0.971 bits per heavy atom. The Bertz CT molecular complexity index is 1280. The van der Waals surface area contributed by atoms with E-state index in [1.54, 1.807) is 24.3 Å². The van der Waals surface area contributed by atoms with Crippen LogP contribution in [0.3, 0.4) is 0 Å². The SMILES string of the molecule is COc1ccc(S(=O)(=O)N(CC(=O)Nc2cccc(OC(C)C)c2)c2ccc(F)cc2)cc1OC. The number of anilines is 2. The number of hydrogen-bond acceptors (Lipinski definition) is 6. The fraction of sp³-hybridized carbons (Fsp3) is 0.240. The summed E-state index contributed by atoms with van der Waals surface area (Å²) in [5.41, 5.74) is 0.559. The van der Waals surface area contributed by atoms with Crippen molar-refractivity contribution in [3.63, 3.8) is 0 Å². The van der Waals surface area contributed by atoms with Crippen molar-refractivity contribution in [3.05, 3.63) is 72.5 Å². The van der Waals surface area contributed by atoms with E-state index in [2.05, 4.69) is 5.32 Å². The van der Waals surface area contributed by atoms with E-state index in [9.17, 15) is 17.6 Å². The summed E-state index contributed by atoms with van der Waals surface area (Å²) in [5, 5.41) is 2.69. The maximum Gasteiger partial charge on any atom is 0.264 e. The highest BCUT2D eigenvalue weighted by Crippen LogP contribution is 2.32. The van der Waals surface area contributed by atoms with Crippen molar-refractivity contribution < 1.29 is 31.8 Å². The first-order valence-corrected chi connectivity index (χ1v) is 12.1. The van der Waals surface area contributed by atoms with Gasteiger partial charge in [-0.1, -0.05) is 6.07 Å². The lowest BCUT2D eigenvalue weighted by molar-refractivity contribution is -0.114. The van der Waals surface area contributed by atoms with Crippen LogP contribution in [-0.2, 0) is 14.8 Å². The molecule has 0 aromatic heterocycles. The lowest BCUT2D eigenvalue weighted by Gasteiger charge is -2.24. The third-order valence-corrected chi connectivity index (χ3v) is 6.60. The van der Waals surface area contributed by atoms with E-state index in [1.807, 2.05) is 13.8 Å². The quantitative estimate of drug-likeness (QED) is 0.440. The monoisotopic (exact) mass is 502 g/mol. The maximum absolute atomic E-state index is 13.6. The van der Waals surface area contributed by atoms with Crippen LogP contribution in [0.1, 0.15) is 13.8 Å². The van der Waals surface area contributed by atoms with Crippen molar-refractivity contribution in [1.82, 2.24) is 0 Å². The smallest absolute Gasteiger partial charge is 0.264 e. The van der Waals surface area contributed by atoms with Gasteiger partial charge in [0.05, 0.1) is 30.9 Å². The molecule has 186 valence electrons. The van der Waals surface area contributed by atoms with E-state index >= 15 is 0 Å². The average Bonchev–Trinajstić information content (AvgIpc) is 2.82. The highest BCUT2D eigenvalue weighted by Gasteiger charge is 2.28. The summed E-state index contributed by atoms with van der Waals surface area (Å²) in [6.45, 7) is 3.20. The number of rotatable bonds is 10. The Morgan fingerprint density at radius 3 is 2.29 bits per heavy atom. The van der Waals surface area contributed by atoms with Crippen LogP contribution in [0, 0.1) is 5.82 Å². The summed E-state index contributed by atoms with van der Waals surface area (Å²) in [6, 6.07) is 15.7. The van der Waals surface area contributed by atoms with E-state index in [0.29, 0.717) is 17.2 Å². The van der Waals surface area contributed by atoms with Crippen LogP contribution in [0.4, 0.5) is 15.8 Å². The highest BCUT2D eigenvalue weighted by atomic mass is 32.2. The Labute approximate surface area is 204 Å². The van der Waals surface area contributed by atoms with Crippen molar-refractivity contribution >= 4 is 27.3 Å². The number of sulfonamides is 1. The molecule has 0 spiro atoms. The fourth-order valence-corrected chi connectivity index (χ4v) is 4.71. The van der Waals surface area contributed by atoms with Crippen molar-refractivity contribution in [2.45, 2.75) is 24.8 Å². The predicted octanol–water partition coefficient (Wildman–Crippen LogP) is 4.46.